The van der Waals surface area contributed by atoms with Crippen LogP contribution in [0.1, 0.15) is 23.2 Å². The van der Waals surface area contributed by atoms with Gasteiger partial charge in [-0.05, 0) is 37.1 Å². The van der Waals surface area contributed by atoms with Crippen LogP contribution >= 0.6 is 0 Å². The van der Waals surface area contributed by atoms with E-state index in [0.717, 1.165) is 25.0 Å². The van der Waals surface area contributed by atoms with Crippen LogP contribution in [0.3, 0.4) is 0 Å². The van der Waals surface area contributed by atoms with Gasteiger partial charge in [0.05, 0.1) is 5.56 Å². The Morgan fingerprint density at radius 2 is 1.85 bits per heavy atom. The normalized spacial score (nSPS) is 13.4. The fraction of sp³-hybridized carbons (Fsp3) is 0.308. The minimum absolute atomic E-state index is 0.127. The van der Waals surface area contributed by atoms with Crippen molar-refractivity contribution in [2.24, 2.45) is 0 Å². The van der Waals surface area contributed by atoms with E-state index < -0.39 is 30.3 Å². The number of amides is 3. The number of nitrogens with one attached hydrogen (secondary N) is 2. The SMILES string of the molecule is O=C(COC(=O)c1ccc(F)cc1)NC(=O)NC1CC1. The molecule has 2 N–H and O–H groups in total. The van der Waals surface area contributed by atoms with Crippen molar-refractivity contribution in [1.29, 1.82) is 0 Å². The number of halogens is 1. The van der Waals surface area contributed by atoms with Crippen LogP contribution in [0.25, 0.3) is 0 Å². The van der Waals surface area contributed by atoms with Crippen LogP contribution in [0.4, 0.5) is 9.18 Å². The summed E-state index contributed by atoms with van der Waals surface area (Å²) in [6.45, 7) is -0.575. The van der Waals surface area contributed by atoms with Gasteiger partial charge in [0.1, 0.15) is 5.82 Å². The van der Waals surface area contributed by atoms with Gasteiger partial charge < -0.3 is 10.1 Å². The molecule has 0 aromatic heterocycles. The van der Waals surface area contributed by atoms with Gasteiger partial charge in [-0.2, -0.15) is 0 Å². The van der Waals surface area contributed by atoms with E-state index in [1.165, 1.54) is 12.1 Å². The number of esters is 1. The minimum atomic E-state index is -0.761. The number of hydrogen-bond donors (Lipinski definition) is 2. The van der Waals surface area contributed by atoms with Gasteiger partial charge in [0.15, 0.2) is 6.61 Å². The predicted molar refractivity (Wildman–Crippen MR) is 66.4 cm³/mol. The molecule has 0 atom stereocenters. The molecule has 106 valence electrons. The van der Waals surface area contributed by atoms with E-state index in [-0.39, 0.29) is 11.6 Å². The summed E-state index contributed by atoms with van der Waals surface area (Å²) in [5.41, 5.74) is 0.127. The molecule has 1 fully saturated rings. The lowest BCUT2D eigenvalue weighted by Crippen LogP contribution is -2.42. The smallest absolute Gasteiger partial charge is 0.338 e. The van der Waals surface area contributed by atoms with Crippen molar-refractivity contribution in [1.82, 2.24) is 10.6 Å². The maximum atomic E-state index is 12.7. The summed E-state index contributed by atoms with van der Waals surface area (Å²) in [7, 11) is 0. The Kier molecular flexibility index (Phi) is 4.29. The summed E-state index contributed by atoms with van der Waals surface area (Å²) in [6, 6.07) is 4.24. The molecule has 0 unspecified atom stereocenters. The second-order valence-corrected chi connectivity index (χ2v) is 4.38. The maximum absolute atomic E-state index is 12.7. The van der Waals surface area contributed by atoms with Crippen molar-refractivity contribution < 1.29 is 23.5 Å². The van der Waals surface area contributed by atoms with Gasteiger partial charge in [0.2, 0.25) is 0 Å². The standard InChI is InChI=1S/C13H13FN2O4/c14-9-3-1-8(2-4-9)12(18)20-7-11(17)16-13(19)15-10-5-6-10/h1-4,10H,5-7H2,(H2,15,16,17,19). The monoisotopic (exact) mass is 280 g/mol. The van der Waals surface area contributed by atoms with Crippen LogP contribution in [0.5, 0.6) is 0 Å². The molecule has 3 amide bonds. The van der Waals surface area contributed by atoms with Gasteiger partial charge in [-0.15, -0.1) is 0 Å². The molecule has 6 nitrogen and oxygen atoms in total. The van der Waals surface area contributed by atoms with Crippen molar-refractivity contribution >= 4 is 17.9 Å². The quantitative estimate of drug-likeness (QED) is 0.805. The lowest BCUT2D eigenvalue weighted by atomic mass is 10.2. The zero-order chi connectivity index (χ0) is 14.5. The summed E-state index contributed by atoms with van der Waals surface area (Å²) in [5.74, 6) is -1.96. The van der Waals surface area contributed by atoms with Gasteiger partial charge in [-0.3, -0.25) is 10.1 Å². The largest absolute Gasteiger partial charge is 0.452 e. The number of carbonyl (C=O) groups is 3. The maximum Gasteiger partial charge on any atom is 0.338 e. The first-order valence-electron chi connectivity index (χ1n) is 6.07. The molecule has 7 heteroatoms. The topological polar surface area (TPSA) is 84.5 Å². The molecule has 0 bridgehead atoms. The van der Waals surface area contributed by atoms with Gasteiger partial charge in [-0.1, -0.05) is 0 Å². The summed E-state index contributed by atoms with van der Waals surface area (Å²) in [6.07, 6.45) is 1.81. The number of imide groups is 1. The van der Waals surface area contributed by atoms with E-state index in [4.69, 9.17) is 4.74 Å². The first kappa shape index (κ1) is 14.0. The highest BCUT2D eigenvalue weighted by molar-refractivity contribution is 5.97. The predicted octanol–water partition coefficient (Wildman–Crippen LogP) is 0.971. The molecule has 1 aromatic carbocycles. The zero-order valence-corrected chi connectivity index (χ0v) is 10.5. The van der Waals surface area contributed by atoms with Crippen LogP contribution in [0.15, 0.2) is 24.3 Å². The third kappa shape index (κ3) is 4.34. The molecule has 0 heterocycles. The van der Waals surface area contributed by atoms with E-state index in [1.54, 1.807) is 0 Å². The number of hydrogen-bond acceptors (Lipinski definition) is 4. The Hall–Kier alpha value is -2.44. The van der Waals surface area contributed by atoms with Crippen LogP contribution in [0, 0.1) is 5.82 Å². The van der Waals surface area contributed by atoms with Crippen LogP contribution in [0.2, 0.25) is 0 Å². The Bertz CT molecular complexity index is 526. The highest BCUT2D eigenvalue weighted by Gasteiger charge is 2.24. The second-order valence-electron chi connectivity index (χ2n) is 4.38. The van der Waals surface area contributed by atoms with Crippen LogP contribution in [-0.4, -0.2) is 30.6 Å². The van der Waals surface area contributed by atoms with Crippen molar-refractivity contribution in [3.8, 4) is 0 Å². The van der Waals surface area contributed by atoms with Crippen molar-refractivity contribution in [3.63, 3.8) is 0 Å². The van der Waals surface area contributed by atoms with E-state index >= 15 is 0 Å². The summed E-state index contributed by atoms with van der Waals surface area (Å²) < 4.78 is 17.4. The molecule has 0 spiro atoms. The van der Waals surface area contributed by atoms with E-state index in [9.17, 15) is 18.8 Å². The molecule has 1 aliphatic carbocycles. The van der Waals surface area contributed by atoms with Gasteiger partial charge in [-0.25, -0.2) is 14.0 Å². The molecule has 20 heavy (non-hydrogen) atoms. The Balaban J connectivity index is 1.73. The number of benzene rings is 1. The first-order valence-corrected chi connectivity index (χ1v) is 6.07. The van der Waals surface area contributed by atoms with Gasteiger partial charge >= 0.3 is 12.0 Å². The van der Waals surface area contributed by atoms with E-state index in [0.29, 0.717) is 0 Å². The Morgan fingerprint density at radius 1 is 1.20 bits per heavy atom. The number of rotatable bonds is 4. The average Bonchev–Trinajstić information content (AvgIpc) is 3.20. The van der Waals surface area contributed by atoms with Crippen molar-refractivity contribution in [2.45, 2.75) is 18.9 Å². The van der Waals surface area contributed by atoms with Gasteiger partial charge in [0, 0.05) is 6.04 Å². The minimum Gasteiger partial charge on any atom is -0.452 e. The van der Waals surface area contributed by atoms with Gasteiger partial charge in [0.25, 0.3) is 5.91 Å². The third-order valence-corrected chi connectivity index (χ3v) is 2.58. The van der Waals surface area contributed by atoms with E-state index in [2.05, 4.69) is 5.32 Å². The molecule has 1 aromatic rings. The van der Waals surface area contributed by atoms with Crippen molar-refractivity contribution in [3.05, 3.63) is 35.6 Å². The summed E-state index contributed by atoms with van der Waals surface area (Å²) in [4.78, 5) is 34.1. The zero-order valence-electron chi connectivity index (χ0n) is 10.5. The molecule has 0 radical (unpaired) electrons. The highest BCUT2D eigenvalue weighted by Crippen LogP contribution is 2.18. The van der Waals surface area contributed by atoms with Crippen LogP contribution < -0.4 is 10.6 Å². The lowest BCUT2D eigenvalue weighted by molar-refractivity contribution is -0.123. The Labute approximate surface area is 114 Å². The Morgan fingerprint density at radius 3 is 2.45 bits per heavy atom. The summed E-state index contributed by atoms with van der Waals surface area (Å²) >= 11 is 0. The molecular formula is C13H13FN2O4. The molecule has 2 rings (SSSR count). The molecule has 1 aliphatic rings. The molecular weight excluding hydrogens is 267 g/mol. The third-order valence-electron chi connectivity index (χ3n) is 2.58. The summed E-state index contributed by atoms with van der Waals surface area (Å²) in [5, 5.41) is 4.60. The average molecular weight is 280 g/mol. The fourth-order valence-corrected chi connectivity index (χ4v) is 1.41. The molecule has 1 saturated carbocycles. The number of carbonyl (C=O) groups excluding carboxylic acids is 3. The molecule has 0 aliphatic heterocycles. The van der Waals surface area contributed by atoms with Crippen LogP contribution in [-0.2, 0) is 9.53 Å². The number of urea groups is 1. The highest BCUT2D eigenvalue weighted by atomic mass is 19.1. The first-order chi connectivity index (χ1) is 9.54. The molecule has 0 saturated heterocycles. The van der Waals surface area contributed by atoms with Crippen molar-refractivity contribution in [2.75, 3.05) is 6.61 Å². The fourth-order valence-electron chi connectivity index (χ4n) is 1.41. The lowest BCUT2D eigenvalue weighted by Gasteiger charge is -2.06. The second kappa shape index (κ2) is 6.14. The van der Waals surface area contributed by atoms with E-state index in [1.807, 2.05) is 5.32 Å². The number of ether oxygens (including phenoxy) is 1.